The summed E-state index contributed by atoms with van der Waals surface area (Å²) >= 11 is 1.39. The molecule has 0 saturated heterocycles. The summed E-state index contributed by atoms with van der Waals surface area (Å²) in [6.45, 7) is 0. The number of thiophene rings is 1. The van der Waals surface area contributed by atoms with Gasteiger partial charge in [-0.25, -0.2) is 0 Å². The highest BCUT2D eigenvalue weighted by Crippen LogP contribution is 2.24. The number of carbonyl (C=O) groups is 2. The van der Waals surface area contributed by atoms with Gasteiger partial charge in [-0.1, -0.05) is 6.42 Å². The fourth-order valence-corrected chi connectivity index (χ4v) is 3.10. The second-order valence-electron chi connectivity index (χ2n) is 5.29. The number of esters is 1. The van der Waals surface area contributed by atoms with Crippen LogP contribution in [0.15, 0.2) is 12.1 Å². The number of ether oxygens (including phenoxy) is 1. The first-order valence-electron chi connectivity index (χ1n) is 7.57. The van der Waals surface area contributed by atoms with Crippen LogP contribution >= 0.6 is 11.3 Å². The largest absolute Gasteiger partial charge is 0.469 e. The summed E-state index contributed by atoms with van der Waals surface area (Å²) in [6, 6.07) is 3.61. The molecule has 0 aromatic carbocycles. The van der Waals surface area contributed by atoms with Crippen molar-refractivity contribution in [1.29, 1.82) is 0 Å². The van der Waals surface area contributed by atoms with E-state index in [2.05, 4.69) is 4.74 Å². The van der Waals surface area contributed by atoms with Crippen LogP contribution in [0.5, 0.6) is 0 Å². The lowest BCUT2D eigenvalue weighted by molar-refractivity contribution is -0.140. The second kappa shape index (κ2) is 9.70. The first-order chi connectivity index (χ1) is 10.8. The summed E-state index contributed by atoms with van der Waals surface area (Å²) in [6.07, 6.45) is -1.96. The molecule has 0 bridgehead atoms. The molecule has 0 atom stereocenters. The molecule has 1 heterocycles. The highest BCUT2D eigenvalue weighted by molar-refractivity contribution is 7.14. The van der Waals surface area contributed by atoms with E-state index < -0.39 is 12.6 Å². The van der Waals surface area contributed by atoms with E-state index in [1.165, 1.54) is 18.4 Å². The number of hydrogen-bond acceptors (Lipinski definition) is 4. The molecule has 0 fully saturated rings. The Kier molecular flexibility index (Phi) is 8.30. The molecular weight excluding hydrogens is 329 g/mol. The third kappa shape index (κ3) is 8.74. The maximum Gasteiger partial charge on any atom is 0.389 e. The minimum atomic E-state index is -4.11. The van der Waals surface area contributed by atoms with Gasteiger partial charge in [0.05, 0.1) is 12.0 Å². The maximum absolute atomic E-state index is 12.0. The monoisotopic (exact) mass is 350 g/mol. The van der Waals surface area contributed by atoms with Crippen LogP contribution in [-0.2, 0) is 16.0 Å². The van der Waals surface area contributed by atoms with Crippen molar-refractivity contribution in [2.75, 3.05) is 7.11 Å². The molecule has 0 saturated carbocycles. The Morgan fingerprint density at radius 3 is 2.48 bits per heavy atom. The van der Waals surface area contributed by atoms with Gasteiger partial charge in [0.15, 0.2) is 5.78 Å². The topological polar surface area (TPSA) is 43.4 Å². The molecule has 0 unspecified atom stereocenters. The van der Waals surface area contributed by atoms with Crippen LogP contribution in [0.25, 0.3) is 0 Å². The van der Waals surface area contributed by atoms with E-state index in [0.29, 0.717) is 37.0 Å². The fraction of sp³-hybridized carbons (Fsp3) is 0.625. The van der Waals surface area contributed by atoms with Gasteiger partial charge in [0.2, 0.25) is 0 Å². The quantitative estimate of drug-likeness (QED) is 0.341. The zero-order valence-corrected chi connectivity index (χ0v) is 13.9. The van der Waals surface area contributed by atoms with Crippen LogP contribution in [0, 0.1) is 0 Å². The van der Waals surface area contributed by atoms with E-state index >= 15 is 0 Å². The Labute approximate surface area is 137 Å². The van der Waals surface area contributed by atoms with Crippen molar-refractivity contribution < 1.29 is 27.5 Å². The van der Waals surface area contributed by atoms with Gasteiger partial charge in [0.1, 0.15) is 0 Å². The van der Waals surface area contributed by atoms with Gasteiger partial charge in [-0.2, -0.15) is 13.2 Å². The standard InChI is InChI=1S/C16H21F3O3S/c1-22-15(21)8-5-6-12-9-10-14(23-12)13(20)7-3-2-4-11-16(17,18)19/h9-10H,2-8,11H2,1H3. The first-order valence-corrected chi connectivity index (χ1v) is 8.39. The van der Waals surface area contributed by atoms with Crippen LogP contribution in [-0.4, -0.2) is 25.0 Å². The normalized spacial score (nSPS) is 11.5. The third-order valence-corrected chi connectivity index (χ3v) is 4.52. The zero-order valence-electron chi connectivity index (χ0n) is 13.1. The van der Waals surface area contributed by atoms with Crippen LogP contribution in [0.2, 0.25) is 0 Å². The number of alkyl halides is 3. The lowest BCUT2D eigenvalue weighted by Gasteiger charge is -2.04. The predicted octanol–water partition coefficient (Wildman–Crippen LogP) is 4.94. The zero-order chi connectivity index (χ0) is 17.3. The Hall–Kier alpha value is -1.37. The molecule has 1 rings (SSSR count). The van der Waals surface area contributed by atoms with Gasteiger partial charge in [0, 0.05) is 24.1 Å². The molecule has 0 amide bonds. The lowest BCUT2D eigenvalue weighted by Crippen LogP contribution is -2.06. The Bertz CT molecular complexity index is 509. The third-order valence-electron chi connectivity index (χ3n) is 3.33. The molecule has 3 nitrogen and oxygen atoms in total. The van der Waals surface area contributed by atoms with Crippen molar-refractivity contribution in [2.45, 2.75) is 57.5 Å². The van der Waals surface area contributed by atoms with Gasteiger partial charge >= 0.3 is 12.1 Å². The summed E-state index contributed by atoms with van der Waals surface area (Å²) in [5.41, 5.74) is 0. The Morgan fingerprint density at radius 1 is 1.09 bits per heavy atom. The predicted molar refractivity (Wildman–Crippen MR) is 82.7 cm³/mol. The van der Waals surface area contributed by atoms with E-state index in [-0.39, 0.29) is 24.6 Å². The number of carbonyl (C=O) groups excluding carboxylic acids is 2. The molecule has 1 aromatic rings. The molecule has 130 valence electrons. The van der Waals surface area contributed by atoms with Crippen LogP contribution < -0.4 is 0 Å². The minimum absolute atomic E-state index is 0.0266. The fourth-order valence-electron chi connectivity index (χ4n) is 2.08. The number of hydrogen-bond donors (Lipinski definition) is 0. The Balaban J connectivity index is 2.25. The molecule has 23 heavy (non-hydrogen) atoms. The van der Waals surface area contributed by atoms with Crippen molar-refractivity contribution in [2.24, 2.45) is 0 Å². The molecule has 0 radical (unpaired) electrons. The number of halogens is 3. The van der Waals surface area contributed by atoms with Crippen LogP contribution in [0.4, 0.5) is 13.2 Å². The van der Waals surface area contributed by atoms with Gasteiger partial charge < -0.3 is 4.74 Å². The maximum atomic E-state index is 12.0. The smallest absolute Gasteiger partial charge is 0.389 e. The number of Topliss-reactive ketones (excluding diaryl/α,β-unsaturated/α-hetero) is 1. The summed E-state index contributed by atoms with van der Waals surface area (Å²) in [5.74, 6) is -0.280. The number of ketones is 1. The van der Waals surface area contributed by atoms with E-state index in [1.807, 2.05) is 6.07 Å². The summed E-state index contributed by atoms with van der Waals surface area (Å²) in [7, 11) is 1.35. The average Bonchev–Trinajstić information content (AvgIpc) is 2.94. The highest BCUT2D eigenvalue weighted by atomic mass is 32.1. The van der Waals surface area contributed by atoms with Gasteiger partial charge in [-0.3, -0.25) is 9.59 Å². The van der Waals surface area contributed by atoms with Crippen molar-refractivity contribution in [1.82, 2.24) is 0 Å². The van der Waals surface area contributed by atoms with Crippen molar-refractivity contribution in [3.05, 3.63) is 21.9 Å². The average molecular weight is 350 g/mol. The minimum Gasteiger partial charge on any atom is -0.469 e. The first kappa shape index (κ1) is 19.7. The van der Waals surface area contributed by atoms with Crippen molar-refractivity contribution in [3.63, 3.8) is 0 Å². The van der Waals surface area contributed by atoms with E-state index in [0.717, 1.165) is 4.88 Å². The van der Waals surface area contributed by atoms with Gasteiger partial charge in [0.25, 0.3) is 0 Å². The van der Waals surface area contributed by atoms with Crippen LogP contribution in [0.1, 0.15) is 59.5 Å². The van der Waals surface area contributed by atoms with Gasteiger partial charge in [-0.15, -0.1) is 11.3 Å². The molecule has 0 aliphatic rings. The number of unbranched alkanes of at least 4 members (excludes halogenated alkanes) is 2. The molecule has 1 aromatic heterocycles. The van der Waals surface area contributed by atoms with E-state index in [4.69, 9.17) is 0 Å². The summed E-state index contributed by atoms with van der Waals surface area (Å²) < 4.78 is 40.5. The van der Waals surface area contributed by atoms with Crippen molar-refractivity contribution in [3.8, 4) is 0 Å². The second-order valence-corrected chi connectivity index (χ2v) is 6.46. The Morgan fingerprint density at radius 2 is 1.83 bits per heavy atom. The SMILES string of the molecule is COC(=O)CCCc1ccc(C(=O)CCCCCC(F)(F)F)s1. The number of aryl methyl sites for hydroxylation is 1. The highest BCUT2D eigenvalue weighted by Gasteiger charge is 2.25. The number of methoxy groups -OCH3 is 1. The lowest BCUT2D eigenvalue weighted by atomic mass is 10.1. The van der Waals surface area contributed by atoms with E-state index in [9.17, 15) is 22.8 Å². The molecule has 0 N–H and O–H groups in total. The molecule has 0 spiro atoms. The van der Waals surface area contributed by atoms with Gasteiger partial charge in [-0.05, 0) is 37.8 Å². The van der Waals surface area contributed by atoms with Crippen molar-refractivity contribution >= 4 is 23.1 Å². The van der Waals surface area contributed by atoms with Crippen LogP contribution in [0.3, 0.4) is 0 Å². The molecule has 7 heteroatoms. The molecule has 0 aliphatic heterocycles. The molecule has 0 aliphatic carbocycles. The van der Waals surface area contributed by atoms with E-state index in [1.54, 1.807) is 6.07 Å². The summed E-state index contributed by atoms with van der Waals surface area (Å²) in [4.78, 5) is 24.6. The molecular formula is C16H21F3O3S. The summed E-state index contributed by atoms with van der Waals surface area (Å²) in [5, 5.41) is 0. The number of rotatable bonds is 10.